The molecule has 0 saturated heterocycles. The lowest BCUT2D eigenvalue weighted by Gasteiger charge is -2.33. The van der Waals surface area contributed by atoms with Crippen LogP contribution in [0.2, 0.25) is 0 Å². The third-order valence-corrected chi connectivity index (χ3v) is 6.78. The molecular weight excluding hydrogens is 444 g/mol. The Hall–Kier alpha value is -4.05. The second-order valence-electron chi connectivity index (χ2n) is 9.28. The van der Waals surface area contributed by atoms with E-state index < -0.39 is 0 Å². The van der Waals surface area contributed by atoms with Crippen molar-refractivity contribution in [1.82, 2.24) is 4.90 Å². The van der Waals surface area contributed by atoms with E-state index >= 15 is 0 Å². The van der Waals surface area contributed by atoms with Gasteiger partial charge in [-0.15, -0.1) is 0 Å². The van der Waals surface area contributed by atoms with Crippen molar-refractivity contribution in [3.8, 4) is 5.75 Å². The molecule has 1 atom stereocenters. The van der Waals surface area contributed by atoms with Gasteiger partial charge >= 0.3 is 0 Å². The normalized spacial score (nSPS) is 15.4. The molecular formula is C32H32N2O2. The predicted octanol–water partition coefficient (Wildman–Crippen LogP) is 6.26. The Balaban J connectivity index is 1.49. The van der Waals surface area contributed by atoms with Crippen molar-refractivity contribution in [2.75, 3.05) is 11.9 Å². The number of amides is 1. The predicted molar refractivity (Wildman–Crippen MR) is 145 cm³/mol. The minimum atomic E-state index is -0.102. The molecule has 0 saturated carbocycles. The number of ether oxygens (including phenoxy) is 1. The smallest absolute Gasteiger partial charge is 0.223 e. The standard InChI is InChI=1S/C32H32N2O2/c35-32(20-19-25-11-3-1-4-12-25)34-23-28-16-7-9-17-30(28)33-22-27-15-8-10-18-31(27)36-24-29(34)21-26-13-5-2-6-14-26/h1-18,29,33H,19-24H2/t29-/m0/s1. The Kier molecular flexibility index (Phi) is 7.62. The summed E-state index contributed by atoms with van der Waals surface area (Å²) in [6, 6.07) is 37.0. The number of anilines is 1. The summed E-state index contributed by atoms with van der Waals surface area (Å²) in [5, 5.41) is 3.58. The third-order valence-electron chi connectivity index (χ3n) is 6.78. The van der Waals surface area contributed by atoms with E-state index in [1.54, 1.807) is 0 Å². The Bertz CT molecular complexity index is 1270. The van der Waals surface area contributed by atoms with Gasteiger partial charge in [-0.2, -0.15) is 0 Å². The minimum Gasteiger partial charge on any atom is -0.491 e. The molecule has 1 amide bonds. The van der Waals surface area contributed by atoms with Gasteiger partial charge in [0.1, 0.15) is 12.4 Å². The van der Waals surface area contributed by atoms with E-state index in [4.69, 9.17) is 4.74 Å². The number of hydrogen-bond donors (Lipinski definition) is 1. The largest absolute Gasteiger partial charge is 0.491 e. The molecule has 36 heavy (non-hydrogen) atoms. The molecule has 1 heterocycles. The molecule has 5 rings (SSSR count). The van der Waals surface area contributed by atoms with Gasteiger partial charge in [0.2, 0.25) is 5.91 Å². The van der Waals surface area contributed by atoms with E-state index in [1.165, 1.54) is 11.1 Å². The van der Waals surface area contributed by atoms with Crippen LogP contribution in [-0.4, -0.2) is 23.5 Å². The average molecular weight is 477 g/mol. The molecule has 4 nitrogen and oxygen atoms in total. The van der Waals surface area contributed by atoms with Crippen LogP contribution in [0.25, 0.3) is 0 Å². The van der Waals surface area contributed by atoms with Crippen LogP contribution in [-0.2, 0) is 30.7 Å². The van der Waals surface area contributed by atoms with Gasteiger partial charge in [-0.05, 0) is 41.7 Å². The Morgan fingerprint density at radius 1 is 0.778 bits per heavy atom. The van der Waals surface area contributed by atoms with Crippen LogP contribution < -0.4 is 10.1 Å². The highest BCUT2D eigenvalue weighted by molar-refractivity contribution is 5.77. The highest BCUT2D eigenvalue weighted by Gasteiger charge is 2.26. The monoisotopic (exact) mass is 476 g/mol. The maximum Gasteiger partial charge on any atom is 0.223 e. The van der Waals surface area contributed by atoms with Gasteiger partial charge in [0.05, 0.1) is 6.04 Å². The summed E-state index contributed by atoms with van der Waals surface area (Å²) in [5.41, 5.74) is 5.64. The average Bonchev–Trinajstić information content (AvgIpc) is 2.96. The highest BCUT2D eigenvalue weighted by atomic mass is 16.5. The Morgan fingerprint density at radius 3 is 2.19 bits per heavy atom. The van der Waals surface area contributed by atoms with Crippen LogP contribution in [0.4, 0.5) is 5.69 Å². The number of rotatable bonds is 5. The topological polar surface area (TPSA) is 41.6 Å². The SMILES string of the molecule is O=C(CCc1ccccc1)N1Cc2ccccc2NCc2ccccc2OC[C@@H]1Cc1ccccc1. The lowest BCUT2D eigenvalue weighted by atomic mass is 10.0. The fourth-order valence-electron chi connectivity index (χ4n) is 4.79. The molecule has 0 fully saturated rings. The fraction of sp³-hybridized carbons (Fsp3) is 0.219. The molecule has 182 valence electrons. The molecule has 4 aromatic rings. The summed E-state index contributed by atoms with van der Waals surface area (Å²) in [4.78, 5) is 15.9. The summed E-state index contributed by atoms with van der Waals surface area (Å²) in [5.74, 6) is 1.00. The van der Waals surface area contributed by atoms with Crippen molar-refractivity contribution < 1.29 is 9.53 Å². The minimum absolute atomic E-state index is 0.102. The summed E-state index contributed by atoms with van der Waals surface area (Å²) in [7, 11) is 0. The van der Waals surface area contributed by atoms with Crippen molar-refractivity contribution in [2.45, 2.75) is 38.4 Å². The first-order chi connectivity index (χ1) is 17.8. The van der Waals surface area contributed by atoms with E-state index in [0.29, 0.717) is 26.1 Å². The van der Waals surface area contributed by atoms with Crippen LogP contribution in [0.1, 0.15) is 28.7 Å². The number of fused-ring (bicyclic) bond motifs is 2. The number of nitrogens with zero attached hydrogens (tertiary/aromatic N) is 1. The summed E-state index contributed by atoms with van der Waals surface area (Å²) < 4.78 is 6.41. The summed E-state index contributed by atoms with van der Waals surface area (Å²) >= 11 is 0. The molecule has 0 unspecified atom stereocenters. The zero-order valence-electron chi connectivity index (χ0n) is 20.5. The first kappa shape index (κ1) is 23.7. The number of nitrogens with one attached hydrogen (secondary N) is 1. The van der Waals surface area contributed by atoms with Gasteiger partial charge in [0.25, 0.3) is 0 Å². The van der Waals surface area contributed by atoms with Crippen LogP contribution in [0.3, 0.4) is 0 Å². The Labute approximate surface area is 213 Å². The first-order valence-electron chi connectivity index (χ1n) is 12.7. The van der Waals surface area contributed by atoms with Crippen molar-refractivity contribution >= 4 is 11.6 Å². The molecule has 0 radical (unpaired) electrons. The van der Waals surface area contributed by atoms with Crippen LogP contribution in [0.5, 0.6) is 5.75 Å². The van der Waals surface area contributed by atoms with Crippen LogP contribution >= 0.6 is 0 Å². The van der Waals surface area contributed by atoms with Crippen LogP contribution in [0.15, 0.2) is 109 Å². The maximum absolute atomic E-state index is 13.8. The first-order valence-corrected chi connectivity index (χ1v) is 12.7. The van der Waals surface area contributed by atoms with E-state index in [1.807, 2.05) is 59.5 Å². The van der Waals surface area contributed by atoms with Crippen molar-refractivity contribution in [3.05, 3.63) is 131 Å². The summed E-state index contributed by atoms with van der Waals surface area (Å²) in [6.45, 7) is 1.64. The number of para-hydroxylation sites is 2. The molecule has 0 bridgehead atoms. The summed E-state index contributed by atoms with van der Waals surface area (Å²) in [6.07, 6.45) is 1.91. The highest BCUT2D eigenvalue weighted by Crippen LogP contribution is 2.26. The number of carbonyl (C=O) groups excluding carboxylic acids is 1. The lowest BCUT2D eigenvalue weighted by molar-refractivity contribution is -0.135. The van der Waals surface area contributed by atoms with Gasteiger partial charge < -0.3 is 15.0 Å². The van der Waals surface area contributed by atoms with E-state index in [-0.39, 0.29) is 11.9 Å². The van der Waals surface area contributed by atoms with Crippen molar-refractivity contribution in [3.63, 3.8) is 0 Å². The van der Waals surface area contributed by atoms with E-state index in [2.05, 4.69) is 59.9 Å². The van der Waals surface area contributed by atoms with Gasteiger partial charge in [-0.1, -0.05) is 97.1 Å². The van der Waals surface area contributed by atoms with Gasteiger partial charge in [-0.3, -0.25) is 4.79 Å². The molecule has 4 heteroatoms. The second-order valence-corrected chi connectivity index (χ2v) is 9.28. The zero-order chi connectivity index (χ0) is 24.6. The zero-order valence-corrected chi connectivity index (χ0v) is 20.5. The van der Waals surface area contributed by atoms with E-state index in [9.17, 15) is 4.79 Å². The number of carbonyl (C=O) groups is 1. The number of benzene rings is 4. The second kappa shape index (κ2) is 11.6. The molecule has 0 aromatic heterocycles. The lowest BCUT2D eigenvalue weighted by Crippen LogP contribution is -2.44. The molecule has 1 aliphatic rings. The molecule has 0 aliphatic carbocycles. The van der Waals surface area contributed by atoms with Crippen molar-refractivity contribution in [2.24, 2.45) is 0 Å². The van der Waals surface area contributed by atoms with Gasteiger partial charge in [0, 0.05) is 30.8 Å². The quantitative estimate of drug-likeness (QED) is 0.369. The van der Waals surface area contributed by atoms with Gasteiger partial charge in [0.15, 0.2) is 0 Å². The van der Waals surface area contributed by atoms with Crippen molar-refractivity contribution in [1.29, 1.82) is 0 Å². The molecule has 0 spiro atoms. The molecule has 1 aliphatic heterocycles. The van der Waals surface area contributed by atoms with Crippen LogP contribution in [0, 0.1) is 0 Å². The molecule has 4 aromatic carbocycles. The number of hydrogen-bond acceptors (Lipinski definition) is 3. The number of aryl methyl sites for hydroxylation is 1. The molecule has 1 N–H and O–H groups in total. The third kappa shape index (κ3) is 5.95. The van der Waals surface area contributed by atoms with Gasteiger partial charge in [-0.25, -0.2) is 0 Å². The maximum atomic E-state index is 13.8. The fourth-order valence-corrected chi connectivity index (χ4v) is 4.79. The Morgan fingerprint density at radius 2 is 1.42 bits per heavy atom. The van der Waals surface area contributed by atoms with E-state index in [0.717, 1.165) is 35.4 Å².